The number of halogens is 2. The van der Waals surface area contributed by atoms with E-state index in [1.54, 1.807) is 34.6 Å². The number of carbonyl (C=O) groups excluding carboxylic acids is 1. The van der Waals surface area contributed by atoms with Crippen LogP contribution in [0.3, 0.4) is 0 Å². The molecule has 0 radical (unpaired) electrons. The van der Waals surface area contributed by atoms with Gasteiger partial charge in [0.1, 0.15) is 5.60 Å². The number of nitrogens with zero attached hydrogens (tertiary/aromatic N) is 1. The van der Waals surface area contributed by atoms with Crippen LogP contribution in [-0.4, -0.2) is 41.1 Å². The van der Waals surface area contributed by atoms with E-state index >= 15 is 0 Å². The number of hydrogen-bond acceptors (Lipinski definition) is 3. The molecule has 1 unspecified atom stereocenters. The van der Waals surface area contributed by atoms with Crippen LogP contribution >= 0.6 is 0 Å². The van der Waals surface area contributed by atoms with Gasteiger partial charge in [-0.05, 0) is 41.5 Å². The molecule has 0 saturated heterocycles. The lowest BCUT2D eigenvalue weighted by molar-refractivity contribution is -0.00243. The lowest BCUT2D eigenvalue weighted by atomic mass is 10.0. The van der Waals surface area contributed by atoms with Gasteiger partial charge in [-0.2, -0.15) is 0 Å². The predicted octanol–water partition coefficient (Wildman–Crippen LogP) is 2.61. The zero-order chi connectivity index (χ0) is 14.7. The molecule has 6 heteroatoms. The van der Waals surface area contributed by atoms with Crippen molar-refractivity contribution in [3.8, 4) is 0 Å². The summed E-state index contributed by atoms with van der Waals surface area (Å²) in [5.41, 5.74) is 3.08. The maximum absolute atomic E-state index is 12.7. The minimum absolute atomic E-state index is 0.253. The first-order valence-corrected chi connectivity index (χ1v) is 5.93. The van der Waals surface area contributed by atoms with Gasteiger partial charge in [0.2, 0.25) is 0 Å². The first kappa shape index (κ1) is 17.1. The number of amides is 1. The lowest BCUT2D eigenvalue weighted by Crippen LogP contribution is -2.56. The largest absolute Gasteiger partial charge is 0.444 e. The smallest absolute Gasteiger partial charge is 0.410 e. The van der Waals surface area contributed by atoms with Crippen LogP contribution in [0.2, 0.25) is 0 Å². The average Bonchev–Trinajstić information content (AvgIpc) is 2.10. The van der Waals surface area contributed by atoms with Gasteiger partial charge < -0.3 is 15.4 Å². The Kier molecular flexibility index (Phi) is 5.53. The van der Waals surface area contributed by atoms with E-state index in [0.29, 0.717) is 0 Å². The third-order valence-corrected chi connectivity index (χ3v) is 2.26. The highest BCUT2D eigenvalue weighted by atomic mass is 19.3. The summed E-state index contributed by atoms with van der Waals surface area (Å²) in [6.07, 6.45) is -3.34. The molecule has 0 aromatic carbocycles. The van der Waals surface area contributed by atoms with E-state index in [4.69, 9.17) is 10.5 Å². The summed E-state index contributed by atoms with van der Waals surface area (Å²) in [4.78, 5) is 13.1. The van der Waals surface area contributed by atoms with Gasteiger partial charge in [0.15, 0.2) is 0 Å². The summed E-state index contributed by atoms with van der Waals surface area (Å²) in [7, 11) is 0. The van der Waals surface area contributed by atoms with Crippen LogP contribution < -0.4 is 5.73 Å². The molecule has 18 heavy (non-hydrogen) atoms. The van der Waals surface area contributed by atoms with Crippen molar-refractivity contribution in [2.45, 2.75) is 65.1 Å². The Hall–Kier alpha value is -0.910. The normalized spacial score (nSPS) is 15.7. The monoisotopic (exact) mass is 266 g/mol. The third kappa shape index (κ3) is 5.62. The van der Waals surface area contributed by atoms with E-state index in [0.717, 1.165) is 0 Å². The fourth-order valence-electron chi connectivity index (χ4n) is 1.21. The summed E-state index contributed by atoms with van der Waals surface area (Å²) >= 11 is 0. The molecule has 0 rings (SSSR count). The SMILES string of the molecule is CC(C)N(CC(C)(N)C(F)F)C(=O)OC(C)(C)C. The number of rotatable bonds is 4. The molecule has 2 N–H and O–H groups in total. The van der Waals surface area contributed by atoms with Crippen molar-refractivity contribution in [3.63, 3.8) is 0 Å². The lowest BCUT2D eigenvalue weighted by Gasteiger charge is -2.35. The van der Waals surface area contributed by atoms with E-state index in [1.807, 2.05) is 0 Å². The van der Waals surface area contributed by atoms with Gasteiger partial charge in [-0.3, -0.25) is 0 Å². The van der Waals surface area contributed by atoms with Gasteiger partial charge in [0, 0.05) is 12.6 Å². The Morgan fingerprint density at radius 3 is 2.00 bits per heavy atom. The van der Waals surface area contributed by atoms with E-state index in [-0.39, 0.29) is 12.6 Å². The van der Waals surface area contributed by atoms with Gasteiger partial charge in [0.05, 0.1) is 5.54 Å². The molecule has 0 aliphatic heterocycles. The number of nitrogens with two attached hydrogens (primary N) is 1. The zero-order valence-electron chi connectivity index (χ0n) is 12.0. The van der Waals surface area contributed by atoms with E-state index in [2.05, 4.69) is 0 Å². The van der Waals surface area contributed by atoms with Crippen molar-refractivity contribution >= 4 is 6.09 Å². The maximum atomic E-state index is 12.7. The van der Waals surface area contributed by atoms with E-state index in [1.165, 1.54) is 11.8 Å². The van der Waals surface area contributed by atoms with Crippen molar-refractivity contribution in [2.75, 3.05) is 6.54 Å². The topological polar surface area (TPSA) is 55.6 Å². The molecule has 1 amide bonds. The molecule has 4 nitrogen and oxygen atoms in total. The second-order valence-electron chi connectivity index (χ2n) is 6.01. The van der Waals surface area contributed by atoms with Crippen LogP contribution in [0.4, 0.5) is 13.6 Å². The molecule has 108 valence electrons. The molecule has 0 heterocycles. The Morgan fingerprint density at radius 1 is 1.28 bits per heavy atom. The molecule has 0 aliphatic carbocycles. The molecule has 0 aromatic heterocycles. The molecular weight excluding hydrogens is 242 g/mol. The first-order chi connectivity index (χ1) is 7.87. The molecule has 0 saturated carbocycles. The van der Waals surface area contributed by atoms with Crippen LogP contribution in [0.1, 0.15) is 41.5 Å². The highest BCUT2D eigenvalue weighted by molar-refractivity contribution is 5.68. The summed E-state index contributed by atoms with van der Waals surface area (Å²) in [6, 6.07) is -0.263. The third-order valence-electron chi connectivity index (χ3n) is 2.26. The minimum Gasteiger partial charge on any atom is -0.444 e. The molecule has 1 atom stereocenters. The molecular formula is C12H24F2N2O2. The van der Waals surface area contributed by atoms with Crippen molar-refractivity contribution < 1.29 is 18.3 Å². The highest BCUT2D eigenvalue weighted by Gasteiger charge is 2.36. The van der Waals surface area contributed by atoms with Crippen LogP contribution in [0.5, 0.6) is 0 Å². The average molecular weight is 266 g/mol. The maximum Gasteiger partial charge on any atom is 0.410 e. The summed E-state index contributed by atoms with van der Waals surface area (Å²) in [5.74, 6) is 0. The molecule has 0 bridgehead atoms. The summed E-state index contributed by atoms with van der Waals surface area (Å²) in [6.45, 7) is 9.58. The quantitative estimate of drug-likeness (QED) is 0.851. The Labute approximate surface area is 107 Å². The van der Waals surface area contributed by atoms with E-state index < -0.39 is 23.7 Å². The molecule has 0 aliphatic rings. The Balaban J connectivity index is 4.84. The molecule has 0 fully saturated rings. The summed E-state index contributed by atoms with van der Waals surface area (Å²) in [5, 5.41) is 0. The van der Waals surface area contributed by atoms with Crippen molar-refractivity contribution in [2.24, 2.45) is 5.73 Å². The number of ether oxygens (including phenoxy) is 1. The second-order valence-corrected chi connectivity index (χ2v) is 6.01. The Bertz CT molecular complexity index is 286. The standard InChI is InChI=1S/C12H24F2N2O2/c1-8(2)16(7-12(6,15)9(13)14)10(17)18-11(3,4)5/h8-9H,7,15H2,1-6H3. The predicted molar refractivity (Wildman–Crippen MR) is 66.7 cm³/mol. The Morgan fingerprint density at radius 2 is 1.72 bits per heavy atom. The fraction of sp³-hybridized carbons (Fsp3) is 0.917. The van der Waals surface area contributed by atoms with Crippen molar-refractivity contribution in [3.05, 3.63) is 0 Å². The van der Waals surface area contributed by atoms with Crippen LogP contribution in [0.25, 0.3) is 0 Å². The van der Waals surface area contributed by atoms with Gasteiger partial charge in [-0.15, -0.1) is 0 Å². The number of carbonyl (C=O) groups is 1. The minimum atomic E-state index is -2.71. The second kappa shape index (κ2) is 5.82. The van der Waals surface area contributed by atoms with Crippen LogP contribution in [0.15, 0.2) is 0 Å². The molecule has 0 aromatic rings. The number of alkyl halides is 2. The summed E-state index contributed by atoms with van der Waals surface area (Å²) < 4.78 is 30.6. The number of hydrogen-bond donors (Lipinski definition) is 1. The highest BCUT2D eigenvalue weighted by Crippen LogP contribution is 2.18. The van der Waals surface area contributed by atoms with Gasteiger partial charge in [-0.25, -0.2) is 13.6 Å². The van der Waals surface area contributed by atoms with Crippen molar-refractivity contribution in [1.82, 2.24) is 4.90 Å². The van der Waals surface area contributed by atoms with Gasteiger partial charge in [-0.1, -0.05) is 0 Å². The van der Waals surface area contributed by atoms with E-state index in [9.17, 15) is 13.6 Å². The van der Waals surface area contributed by atoms with Crippen LogP contribution in [0, 0.1) is 0 Å². The molecule has 0 spiro atoms. The zero-order valence-corrected chi connectivity index (χ0v) is 12.0. The fourth-order valence-corrected chi connectivity index (χ4v) is 1.21. The van der Waals surface area contributed by atoms with Gasteiger partial charge >= 0.3 is 6.09 Å². The van der Waals surface area contributed by atoms with Crippen LogP contribution in [-0.2, 0) is 4.74 Å². The van der Waals surface area contributed by atoms with Gasteiger partial charge in [0.25, 0.3) is 6.43 Å². The first-order valence-electron chi connectivity index (χ1n) is 5.93. The van der Waals surface area contributed by atoms with Crippen molar-refractivity contribution in [1.29, 1.82) is 0 Å².